The highest BCUT2D eigenvalue weighted by atomic mass is 30.4. The third-order valence-corrected chi connectivity index (χ3v) is 165. The van der Waals surface area contributed by atoms with E-state index < -0.39 is 181 Å². The zero-order valence-corrected chi connectivity index (χ0v) is 52.3. The fraction of sp³-hybridized carbons (Fsp3) is 1.00. The third-order valence-electron chi connectivity index (χ3n) is 7.71. The van der Waals surface area contributed by atoms with E-state index in [4.69, 9.17) is 46.5 Å². The van der Waals surface area contributed by atoms with Gasteiger partial charge in [-0.3, -0.25) is 0 Å². The molecule has 0 fully saturated rings. The molecule has 0 aromatic carbocycles. The van der Waals surface area contributed by atoms with Crippen LogP contribution in [-0.4, -0.2) is 277 Å². The van der Waals surface area contributed by atoms with Crippen LogP contribution in [0.1, 0.15) is 0 Å². The molecule has 55 heavy (non-hydrogen) atoms. The Hall–Kier alpha value is 3.85. The lowest BCUT2D eigenvalue weighted by Gasteiger charge is -2.64. The normalized spacial score (nSPS) is 17.3. The van der Waals surface area contributed by atoms with E-state index >= 15 is 0 Å². The fourth-order valence-corrected chi connectivity index (χ4v) is 269. The van der Waals surface area contributed by atoms with Crippen molar-refractivity contribution in [2.45, 2.75) is 38.3 Å². The molecule has 26 radical (unpaired) electrons. The van der Waals surface area contributed by atoms with Crippen LogP contribution < -0.4 is 0 Å². The Morgan fingerprint density at radius 1 is 0.527 bits per heavy atom. The van der Waals surface area contributed by atoms with Crippen LogP contribution in [0, 0.1) is 0 Å². The van der Waals surface area contributed by atoms with E-state index in [2.05, 4.69) is 9.76 Å². The van der Waals surface area contributed by atoms with Crippen LogP contribution in [0.4, 0.5) is 0 Å². The SMILES string of the molecule is CO[Si](C)([Si])O[Si]([Si](O[Si]O)([Si]O)[Si]O)([Si](O[Si]O)([Si]O)[Si]O)[Si](O[Si](C)(C)CC[Si](OC)(OC)OC)(O[Si](O[Si]O)([Si]O)[Si]O)[Si](O[Si]O)([Si]O)[Si](C)O. The minimum atomic E-state index is -5.78. The second-order valence-electron chi connectivity index (χ2n) is 11.1. The lowest BCUT2D eigenvalue weighted by atomic mass is 10.9. The maximum absolute atomic E-state index is 12.1. The van der Waals surface area contributed by atoms with Crippen molar-refractivity contribution < 1.29 is 104 Å². The molecule has 0 aromatic heterocycles. The molecule has 12 N–H and O–H groups in total. The van der Waals surface area contributed by atoms with E-state index in [1.165, 1.54) is 41.5 Å². The smallest absolute Gasteiger partial charge is 0.438 e. The number of rotatable bonds is 33. The molecular formula is C10H40O23Si22. The molecular weight excluding hydrogens is 1110 g/mol. The molecule has 3 unspecified atom stereocenters. The Bertz CT molecular complexity index is 1040. The zero-order chi connectivity index (χ0) is 43.0. The van der Waals surface area contributed by atoms with Crippen LogP contribution in [0.3, 0.4) is 0 Å². The molecule has 0 rings (SSSR count). The summed E-state index contributed by atoms with van der Waals surface area (Å²) >= 11 is 0. The van der Waals surface area contributed by atoms with Gasteiger partial charge in [0.15, 0.2) is 8.32 Å². The van der Waals surface area contributed by atoms with Gasteiger partial charge in [-0.15, -0.1) is 0 Å². The minimum Gasteiger partial charge on any atom is -0.438 e. The highest BCUT2D eigenvalue weighted by Gasteiger charge is 2.92. The standard InChI is InChI=1S/C10H40O23Si22/c1-23-48(8,34)32-55(52(41-17,42-18)28-36-12,53(43-19,44-20)29-37-13)51(33-50(39-15,40-16)27-35-11,54(45-21,30-38-14)46(5)22)31-47(6,7)9-10-49(24-2,25-3)26-4/h11-22H,9-10H2,1-8H3. The predicted octanol–water partition coefficient (Wildman–Crippen LogP) is -11.9. The van der Waals surface area contributed by atoms with E-state index in [0.717, 1.165) is 0 Å². The number of hydrogen-bond acceptors (Lipinski definition) is 23. The quantitative estimate of drug-likeness (QED) is 0.0272. The molecule has 0 bridgehead atoms. The molecule has 0 saturated heterocycles. The summed E-state index contributed by atoms with van der Waals surface area (Å²) < 4.78 is 68.2. The maximum Gasteiger partial charge on any atom is 0.499 e. The predicted molar refractivity (Wildman–Crippen MR) is 222 cm³/mol. The molecule has 306 valence electrons. The van der Waals surface area contributed by atoms with Gasteiger partial charge in [0.05, 0.1) is 9.76 Å². The minimum absolute atomic E-state index is 0.0295. The maximum atomic E-state index is 12.1. The van der Waals surface area contributed by atoms with Gasteiger partial charge in [-0.2, -0.15) is 0 Å². The molecule has 0 aliphatic rings. The van der Waals surface area contributed by atoms with Gasteiger partial charge >= 0.3 is 64.0 Å². The van der Waals surface area contributed by atoms with E-state index in [0.29, 0.717) is 0 Å². The van der Waals surface area contributed by atoms with Crippen LogP contribution in [-0.2, 0) is 46.5 Å². The fourth-order valence-electron chi connectivity index (χ4n) is 5.03. The molecule has 45 heteroatoms. The second kappa shape index (κ2) is 26.0. The first-order chi connectivity index (χ1) is 25.7. The first kappa shape index (κ1) is 58.9. The van der Waals surface area contributed by atoms with E-state index in [1.807, 2.05) is 0 Å². The van der Waals surface area contributed by atoms with Gasteiger partial charge in [-0.05, 0) is 32.2 Å². The Balaban J connectivity index is 10.1. The summed E-state index contributed by atoms with van der Waals surface area (Å²) in [5.41, 5.74) is 0. The van der Waals surface area contributed by atoms with Gasteiger partial charge in [-0.1, -0.05) is 0 Å². The summed E-state index contributed by atoms with van der Waals surface area (Å²) in [5, 5.41) is 0. The summed E-state index contributed by atoms with van der Waals surface area (Å²) in [5.74, 6) is 0. The van der Waals surface area contributed by atoms with Crippen molar-refractivity contribution in [3.05, 3.63) is 0 Å². The van der Waals surface area contributed by atoms with E-state index in [1.54, 1.807) is 13.1 Å². The van der Waals surface area contributed by atoms with Crippen molar-refractivity contribution in [3.63, 3.8) is 0 Å². The largest absolute Gasteiger partial charge is 0.499 e. The molecule has 0 heterocycles. The third kappa shape index (κ3) is 12.6. The van der Waals surface area contributed by atoms with Crippen LogP contribution in [0.2, 0.25) is 38.3 Å². The van der Waals surface area contributed by atoms with Gasteiger partial charge < -0.3 is 104 Å². The van der Waals surface area contributed by atoms with Gasteiger partial charge in [-0.25, -0.2) is 0 Å². The van der Waals surface area contributed by atoms with E-state index in [-0.39, 0.29) is 12.1 Å². The average Bonchev–Trinajstić information content (AvgIpc) is 3.17. The summed E-state index contributed by atoms with van der Waals surface area (Å²) in [6.45, 7) is -14.9. The molecule has 0 amide bonds. The van der Waals surface area contributed by atoms with Gasteiger partial charge in [0.1, 0.15) is 0 Å². The lowest BCUT2D eigenvalue weighted by molar-refractivity contribution is 0.125. The van der Waals surface area contributed by atoms with Crippen molar-refractivity contribution >= 4 is 191 Å². The summed E-state index contributed by atoms with van der Waals surface area (Å²) in [4.78, 5) is 134. The first-order valence-corrected chi connectivity index (χ1v) is 58.6. The zero-order valence-electron chi connectivity index (χ0n) is 30.3. The highest BCUT2D eigenvalue weighted by Crippen LogP contribution is 2.47. The van der Waals surface area contributed by atoms with Crippen LogP contribution in [0.25, 0.3) is 0 Å². The van der Waals surface area contributed by atoms with Crippen LogP contribution in [0.5, 0.6) is 0 Å². The molecule has 0 aromatic rings. The summed E-state index contributed by atoms with van der Waals surface area (Å²) in [6.07, 6.45) is 0. The van der Waals surface area contributed by atoms with Crippen LogP contribution in [0.15, 0.2) is 0 Å². The topological polar surface area (TPSA) is 344 Å². The average molecular weight is 1150 g/mol. The summed E-state index contributed by atoms with van der Waals surface area (Å²) in [7, 11) is -33.1. The molecule has 0 spiro atoms. The Labute approximate surface area is 359 Å². The second-order valence-corrected chi connectivity index (χ2v) is 101. The van der Waals surface area contributed by atoms with Gasteiger partial charge in [0.2, 0.25) is 68.7 Å². The van der Waals surface area contributed by atoms with Crippen LogP contribution >= 0.6 is 0 Å². The lowest BCUT2D eigenvalue weighted by Crippen LogP contribution is -3.07. The van der Waals surface area contributed by atoms with Gasteiger partial charge in [0.25, 0.3) is 40.4 Å². The van der Waals surface area contributed by atoms with Crippen molar-refractivity contribution in [3.8, 4) is 0 Å². The Morgan fingerprint density at radius 2 is 0.945 bits per heavy atom. The van der Waals surface area contributed by atoms with Crippen molar-refractivity contribution in [2.24, 2.45) is 0 Å². The van der Waals surface area contributed by atoms with E-state index in [9.17, 15) is 57.5 Å². The molecule has 3 atom stereocenters. The monoisotopic (exact) mass is 1140 g/mol. The van der Waals surface area contributed by atoms with Crippen molar-refractivity contribution in [1.29, 1.82) is 0 Å². The summed E-state index contributed by atoms with van der Waals surface area (Å²) in [6, 6.07) is 0.0868. The Kier molecular flexibility index (Phi) is 27.8. The van der Waals surface area contributed by atoms with Gasteiger partial charge in [0, 0.05) is 34.5 Å². The molecule has 0 saturated carbocycles. The molecule has 0 aliphatic carbocycles. The Morgan fingerprint density at radius 3 is 1.24 bits per heavy atom. The first-order valence-electron chi connectivity index (χ1n) is 14.4. The highest BCUT2D eigenvalue weighted by molar-refractivity contribution is 8.16. The molecule has 23 nitrogen and oxygen atoms in total. The van der Waals surface area contributed by atoms with Crippen molar-refractivity contribution in [2.75, 3.05) is 28.4 Å². The molecule has 0 aliphatic heterocycles. The van der Waals surface area contributed by atoms with Crippen molar-refractivity contribution in [1.82, 2.24) is 0 Å². The number of hydrogen-bond donors (Lipinski definition) is 12.